The first kappa shape index (κ1) is 18.4. The lowest BCUT2D eigenvalue weighted by molar-refractivity contribution is -0.119. The van der Waals surface area contributed by atoms with E-state index in [4.69, 9.17) is 4.74 Å². The molecule has 2 amide bonds. The number of rotatable bonds is 4. The van der Waals surface area contributed by atoms with Gasteiger partial charge in [-0.15, -0.1) is 0 Å². The summed E-state index contributed by atoms with van der Waals surface area (Å²) < 4.78 is 20.1. The Hall–Kier alpha value is -1.96. The summed E-state index contributed by atoms with van der Waals surface area (Å²) in [6.45, 7) is 3.72. The van der Waals surface area contributed by atoms with E-state index < -0.39 is 12.2 Å². The van der Waals surface area contributed by atoms with Crippen molar-refractivity contribution >= 4 is 35.1 Å². The molecule has 0 radical (unpaired) electrons. The molecule has 1 aromatic rings. The van der Waals surface area contributed by atoms with Crippen LogP contribution in [-0.2, 0) is 9.53 Å². The van der Waals surface area contributed by atoms with Gasteiger partial charge in [-0.3, -0.25) is 9.69 Å². The molecule has 146 valence electrons. The number of hydrogen-bond donors (Lipinski definition) is 1. The molecule has 1 N–H and O–H groups in total. The molecular weight excluding hydrogens is 369 g/mol. The Balaban J connectivity index is 1.45. The lowest BCUT2D eigenvalue weighted by atomic mass is 10.1. The van der Waals surface area contributed by atoms with Crippen LogP contribution in [0.2, 0.25) is 0 Å². The van der Waals surface area contributed by atoms with Gasteiger partial charge in [0.2, 0.25) is 5.91 Å². The molecule has 3 heterocycles. The van der Waals surface area contributed by atoms with E-state index in [2.05, 4.69) is 10.2 Å². The first-order valence-corrected chi connectivity index (χ1v) is 10.4. The fourth-order valence-electron chi connectivity index (χ4n) is 4.03. The third-order valence-electron chi connectivity index (χ3n) is 5.32. The van der Waals surface area contributed by atoms with Crippen LogP contribution < -0.4 is 15.1 Å². The lowest BCUT2D eigenvalue weighted by Gasteiger charge is -2.42. The Labute approximate surface area is 162 Å². The van der Waals surface area contributed by atoms with Crippen molar-refractivity contribution in [2.75, 3.05) is 36.0 Å². The quantitative estimate of drug-likeness (QED) is 0.852. The number of anilines is 2. The molecular formula is C19H24FN3O3S. The maximum atomic E-state index is 14.9. The number of fused-ring (bicyclic) bond motifs is 2. The molecule has 3 aliphatic rings. The van der Waals surface area contributed by atoms with Crippen molar-refractivity contribution < 1.29 is 18.7 Å². The van der Waals surface area contributed by atoms with E-state index in [0.29, 0.717) is 28.4 Å². The highest BCUT2D eigenvalue weighted by molar-refractivity contribution is 8.00. The second-order valence-electron chi connectivity index (χ2n) is 7.41. The number of nitrogens with one attached hydrogen (secondary N) is 1. The van der Waals surface area contributed by atoms with Crippen LogP contribution in [0.1, 0.15) is 26.2 Å². The van der Waals surface area contributed by atoms with Crippen molar-refractivity contribution in [2.45, 2.75) is 42.8 Å². The number of thioether (sulfide) groups is 1. The van der Waals surface area contributed by atoms with Gasteiger partial charge in [0.05, 0.1) is 24.5 Å². The predicted molar refractivity (Wildman–Crippen MR) is 104 cm³/mol. The Morgan fingerprint density at radius 1 is 1.30 bits per heavy atom. The van der Waals surface area contributed by atoms with Crippen molar-refractivity contribution in [1.82, 2.24) is 5.32 Å². The molecule has 3 atom stereocenters. The monoisotopic (exact) mass is 393 g/mol. The van der Waals surface area contributed by atoms with Crippen molar-refractivity contribution in [3.05, 3.63) is 24.0 Å². The number of ether oxygens (including phenoxy) is 1. The number of nitrogens with zero attached hydrogens (tertiary/aromatic N) is 2. The summed E-state index contributed by atoms with van der Waals surface area (Å²) in [7, 11) is 0. The summed E-state index contributed by atoms with van der Waals surface area (Å²) in [5.41, 5.74) is 1.09. The average Bonchev–Trinajstić information content (AvgIpc) is 3.00. The van der Waals surface area contributed by atoms with E-state index in [1.165, 1.54) is 37.2 Å². The molecule has 3 saturated heterocycles. The van der Waals surface area contributed by atoms with Crippen molar-refractivity contribution in [3.63, 3.8) is 0 Å². The van der Waals surface area contributed by atoms with Crippen LogP contribution in [0.3, 0.4) is 0 Å². The Kier molecular flexibility index (Phi) is 5.16. The number of carbonyl (C=O) groups excluding carboxylic acids is 2. The zero-order chi connectivity index (χ0) is 19.0. The fourth-order valence-corrected chi connectivity index (χ4v) is 5.71. The molecule has 3 unspecified atom stereocenters. The Morgan fingerprint density at radius 3 is 2.70 bits per heavy atom. The number of hydrogen-bond acceptors (Lipinski definition) is 5. The fraction of sp³-hybridized carbons (Fsp3) is 0.579. The minimum Gasteiger partial charge on any atom is -0.442 e. The summed E-state index contributed by atoms with van der Waals surface area (Å²) in [6, 6.07) is 4.96. The van der Waals surface area contributed by atoms with Crippen LogP contribution in [0.25, 0.3) is 0 Å². The second kappa shape index (κ2) is 7.58. The van der Waals surface area contributed by atoms with Crippen molar-refractivity contribution in [3.8, 4) is 0 Å². The molecule has 6 nitrogen and oxygen atoms in total. The molecule has 4 rings (SSSR count). The van der Waals surface area contributed by atoms with Gasteiger partial charge in [0.1, 0.15) is 11.9 Å². The first-order chi connectivity index (χ1) is 13.0. The van der Waals surface area contributed by atoms with E-state index in [1.54, 1.807) is 12.1 Å². The highest BCUT2D eigenvalue weighted by Gasteiger charge is 2.34. The minimum absolute atomic E-state index is 0.177. The highest BCUT2D eigenvalue weighted by atomic mass is 32.2. The zero-order valence-corrected chi connectivity index (χ0v) is 16.1. The summed E-state index contributed by atoms with van der Waals surface area (Å²) in [5.74, 6) is -0.486. The van der Waals surface area contributed by atoms with Gasteiger partial charge in [-0.1, -0.05) is 6.42 Å². The topological polar surface area (TPSA) is 61.9 Å². The van der Waals surface area contributed by atoms with E-state index in [-0.39, 0.29) is 18.3 Å². The smallest absolute Gasteiger partial charge is 0.414 e. The van der Waals surface area contributed by atoms with Gasteiger partial charge in [-0.2, -0.15) is 11.8 Å². The van der Waals surface area contributed by atoms with E-state index in [0.717, 1.165) is 13.1 Å². The number of halogens is 1. The molecule has 1 aromatic carbocycles. The number of benzene rings is 1. The molecule has 0 aliphatic carbocycles. The third kappa shape index (κ3) is 4.00. The van der Waals surface area contributed by atoms with Crippen LogP contribution in [0.5, 0.6) is 0 Å². The van der Waals surface area contributed by atoms with Gasteiger partial charge >= 0.3 is 6.09 Å². The van der Waals surface area contributed by atoms with E-state index >= 15 is 0 Å². The summed E-state index contributed by atoms with van der Waals surface area (Å²) in [5, 5.41) is 3.80. The first-order valence-electron chi connectivity index (χ1n) is 9.42. The molecule has 0 saturated carbocycles. The molecule has 0 aromatic heterocycles. The molecule has 2 bridgehead atoms. The minimum atomic E-state index is -0.513. The summed E-state index contributed by atoms with van der Waals surface area (Å²) in [4.78, 5) is 26.7. The highest BCUT2D eigenvalue weighted by Crippen LogP contribution is 2.39. The predicted octanol–water partition coefficient (Wildman–Crippen LogP) is 2.76. The molecule has 0 spiro atoms. The summed E-state index contributed by atoms with van der Waals surface area (Å²) >= 11 is 2.04. The van der Waals surface area contributed by atoms with Crippen LogP contribution in [0.4, 0.5) is 20.6 Å². The van der Waals surface area contributed by atoms with Gasteiger partial charge in [0.25, 0.3) is 0 Å². The van der Waals surface area contributed by atoms with Gasteiger partial charge in [-0.25, -0.2) is 9.18 Å². The maximum Gasteiger partial charge on any atom is 0.414 e. The normalized spacial score (nSPS) is 27.5. The molecule has 8 heteroatoms. The van der Waals surface area contributed by atoms with Crippen LogP contribution in [-0.4, -0.2) is 54.8 Å². The van der Waals surface area contributed by atoms with Crippen LogP contribution >= 0.6 is 11.8 Å². The zero-order valence-electron chi connectivity index (χ0n) is 15.3. The number of carbonyl (C=O) groups is 2. The third-order valence-corrected chi connectivity index (χ3v) is 6.86. The SMILES string of the molecule is CC(=O)NCC1CN(c2ccc(N3CC4CCCC(C3)S4)c(F)c2)C(=O)O1. The lowest BCUT2D eigenvalue weighted by Crippen LogP contribution is -2.45. The Bertz CT molecular complexity index is 735. The maximum absolute atomic E-state index is 14.9. The molecule has 3 aliphatic heterocycles. The van der Waals surface area contributed by atoms with E-state index in [9.17, 15) is 14.0 Å². The van der Waals surface area contributed by atoms with Gasteiger partial charge < -0.3 is 15.0 Å². The Morgan fingerprint density at radius 2 is 2.04 bits per heavy atom. The van der Waals surface area contributed by atoms with Gasteiger partial charge in [0, 0.05) is 30.5 Å². The largest absolute Gasteiger partial charge is 0.442 e. The second-order valence-corrected chi connectivity index (χ2v) is 9.01. The average molecular weight is 393 g/mol. The van der Waals surface area contributed by atoms with E-state index in [1.807, 2.05) is 11.8 Å². The van der Waals surface area contributed by atoms with Gasteiger partial charge in [0.15, 0.2) is 0 Å². The molecule has 27 heavy (non-hydrogen) atoms. The van der Waals surface area contributed by atoms with Gasteiger partial charge in [-0.05, 0) is 31.0 Å². The summed E-state index contributed by atoms with van der Waals surface area (Å²) in [6.07, 6.45) is 2.73. The van der Waals surface area contributed by atoms with Crippen molar-refractivity contribution in [2.24, 2.45) is 0 Å². The van der Waals surface area contributed by atoms with Crippen molar-refractivity contribution in [1.29, 1.82) is 0 Å². The number of amides is 2. The standard InChI is InChI=1S/C19H24FN3O3S/c1-12(24)21-8-14-9-23(19(25)26-14)13-5-6-18(17(20)7-13)22-10-15-3-2-4-16(11-22)27-15/h5-7,14-16H,2-4,8-11H2,1H3,(H,21,24). The van der Waals surface area contributed by atoms with Crippen LogP contribution in [0, 0.1) is 5.82 Å². The van der Waals surface area contributed by atoms with Crippen LogP contribution in [0.15, 0.2) is 18.2 Å². The molecule has 3 fully saturated rings. The number of cyclic esters (lactones) is 1.